The van der Waals surface area contributed by atoms with Crippen molar-refractivity contribution < 1.29 is 23.4 Å². The van der Waals surface area contributed by atoms with Gasteiger partial charge >= 0.3 is 5.97 Å². The first-order chi connectivity index (χ1) is 9.80. The Labute approximate surface area is 131 Å². The summed E-state index contributed by atoms with van der Waals surface area (Å²) in [4.78, 5) is 11.0. The van der Waals surface area contributed by atoms with Crippen LogP contribution in [0.4, 0.5) is 0 Å². The first kappa shape index (κ1) is 16.4. The molecule has 0 aromatic heterocycles. The van der Waals surface area contributed by atoms with Gasteiger partial charge in [-0.3, -0.25) is 0 Å². The molecule has 0 aliphatic heterocycles. The van der Waals surface area contributed by atoms with Crippen molar-refractivity contribution in [2.45, 2.75) is 36.1 Å². The topological polar surface area (TPSA) is 104 Å². The lowest BCUT2D eigenvalue weighted by molar-refractivity contribution is 0.0695. The number of carbonyl (C=O) groups is 1. The highest BCUT2D eigenvalue weighted by atomic mass is 79.9. The summed E-state index contributed by atoms with van der Waals surface area (Å²) in [5.41, 5.74) is -0.961. The SMILES string of the molecule is O=C(O)c1cc(S(=O)(=O)NC2(CO)CCCC2)ccc1Br. The predicted molar refractivity (Wildman–Crippen MR) is 79.7 cm³/mol. The maximum Gasteiger partial charge on any atom is 0.336 e. The summed E-state index contributed by atoms with van der Waals surface area (Å²) in [6.07, 6.45) is 2.85. The number of sulfonamides is 1. The van der Waals surface area contributed by atoms with Crippen molar-refractivity contribution >= 4 is 31.9 Å². The number of carboxylic acid groups (broad SMARTS) is 1. The van der Waals surface area contributed by atoms with Crippen LogP contribution >= 0.6 is 15.9 Å². The molecule has 0 atom stereocenters. The molecule has 0 unspecified atom stereocenters. The molecule has 6 nitrogen and oxygen atoms in total. The minimum absolute atomic E-state index is 0.122. The summed E-state index contributed by atoms with van der Waals surface area (Å²) in [5.74, 6) is -1.21. The quantitative estimate of drug-likeness (QED) is 0.724. The zero-order chi connectivity index (χ0) is 15.7. The van der Waals surface area contributed by atoms with Gasteiger partial charge in [-0.15, -0.1) is 0 Å². The second-order valence-electron chi connectivity index (χ2n) is 5.20. The summed E-state index contributed by atoms with van der Waals surface area (Å²) >= 11 is 3.07. The fourth-order valence-electron chi connectivity index (χ4n) is 2.52. The molecule has 0 spiro atoms. The van der Waals surface area contributed by atoms with Crippen LogP contribution in [0.5, 0.6) is 0 Å². The monoisotopic (exact) mass is 377 g/mol. The molecule has 8 heteroatoms. The number of halogens is 1. The van der Waals surface area contributed by atoms with Gasteiger partial charge in [0, 0.05) is 4.47 Å². The Morgan fingerprint density at radius 2 is 1.95 bits per heavy atom. The number of nitrogens with one attached hydrogen (secondary N) is 1. The second kappa shape index (κ2) is 6.04. The molecule has 0 radical (unpaired) electrons. The third-order valence-corrected chi connectivity index (χ3v) is 5.96. The predicted octanol–water partition coefficient (Wildman–Crippen LogP) is 1.73. The molecule has 1 aromatic carbocycles. The Hall–Kier alpha value is -0.960. The van der Waals surface area contributed by atoms with Crippen LogP contribution in [-0.4, -0.2) is 36.7 Å². The molecule has 0 saturated heterocycles. The number of carboxylic acids is 1. The van der Waals surface area contributed by atoms with E-state index >= 15 is 0 Å². The average Bonchev–Trinajstić information content (AvgIpc) is 2.87. The Morgan fingerprint density at radius 3 is 2.48 bits per heavy atom. The highest BCUT2D eigenvalue weighted by Crippen LogP contribution is 2.31. The van der Waals surface area contributed by atoms with Gasteiger partial charge in [0.2, 0.25) is 10.0 Å². The lowest BCUT2D eigenvalue weighted by atomic mass is 10.0. The molecule has 0 heterocycles. The number of rotatable bonds is 5. The number of aliphatic hydroxyl groups excluding tert-OH is 1. The number of hydrogen-bond donors (Lipinski definition) is 3. The van der Waals surface area contributed by atoms with E-state index in [0.717, 1.165) is 18.9 Å². The summed E-state index contributed by atoms with van der Waals surface area (Å²) < 4.78 is 27.7. The second-order valence-corrected chi connectivity index (χ2v) is 7.73. The number of aromatic carboxylic acids is 1. The van der Waals surface area contributed by atoms with Gasteiger partial charge in [-0.25, -0.2) is 17.9 Å². The van der Waals surface area contributed by atoms with Gasteiger partial charge in [-0.1, -0.05) is 12.8 Å². The van der Waals surface area contributed by atoms with E-state index < -0.39 is 21.5 Å². The fourth-order valence-corrected chi connectivity index (χ4v) is 4.42. The van der Waals surface area contributed by atoms with Crippen LogP contribution in [0, 0.1) is 0 Å². The minimum atomic E-state index is -3.88. The van der Waals surface area contributed by atoms with Crippen LogP contribution in [0.15, 0.2) is 27.6 Å². The Bertz CT molecular complexity index is 653. The van der Waals surface area contributed by atoms with Gasteiger partial charge < -0.3 is 10.2 Å². The molecule has 2 rings (SSSR count). The lowest BCUT2D eigenvalue weighted by Gasteiger charge is -2.27. The molecule has 1 saturated carbocycles. The number of hydrogen-bond acceptors (Lipinski definition) is 4. The lowest BCUT2D eigenvalue weighted by Crippen LogP contribution is -2.49. The van der Waals surface area contributed by atoms with E-state index in [1.807, 2.05) is 0 Å². The van der Waals surface area contributed by atoms with Crippen molar-refractivity contribution in [2.75, 3.05) is 6.61 Å². The molecule has 21 heavy (non-hydrogen) atoms. The van der Waals surface area contributed by atoms with Crippen LogP contribution in [0.25, 0.3) is 0 Å². The van der Waals surface area contributed by atoms with Gasteiger partial charge in [-0.05, 0) is 47.0 Å². The molecular weight excluding hydrogens is 362 g/mol. The average molecular weight is 378 g/mol. The highest BCUT2D eigenvalue weighted by molar-refractivity contribution is 9.10. The smallest absolute Gasteiger partial charge is 0.336 e. The van der Waals surface area contributed by atoms with Crippen LogP contribution in [0.1, 0.15) is 36.0 Å². The van der Waals surface area contributed by atoms with Crippen LogP contribution in [-0.2, 0) is 10.0 Å². The maximum atomic E-state index is 12.4. The van der Waals surface area contributed by atoms with Crippen molar-refractivity contribution in [3.05, 3.63) is 28.2 Å². The first-order valence-electron chi connectivity index (χ1n) is 6.47. The zero-order valence-corrected chi connectivity index (χ0v) is 13.6. The molecule has 3 N–H and O–H groups in total. The molecule has 1 aromatic rings. The number of benzene rings is 1. The van der Waals surface area contributed by atoms with E-state index in [4.69, 9.17) is 5.11 Å². The Kier molecular flexibility index (Phi) is 4.72. The van der Waals surface area contributed by atoms with E-state index in [2.05, 4.69) is 20.7 Å². The van der Waals surface area contributed by atoms with Gasteiger partial charge in [0.05, 0.1) is 22.6 Å². The van der Waals surface area contributed by atoms with Crippen molar-refractivity contribution in [3.8, 4) is 0 Å². The van der Waals surface area contributed by atoms with E-state index in [9.17, 15) is 18.3 Å². The van der Waals surface area contributed by atoms with Crippen LogP contribution in [0.3, 0.4) is 0 Å². The van der Waals surface area contributed by atoms with E-state index in [1.54, 1.807) is 0 Å². The normalized spacial score (nSPS) is 17.8. The van der Waals surface area contributed by atoms with Gasteiger partial charge in [-0.2, -0.15) is 0 Å². The summed E-state index contributed by atoms with van der Waals surface area (Å²) in [6, 6.07) is 3.83. The minimum Gasteiger partial charge on any atom is -0.478 e. The third kappa shape index (κ3) is 3.45. The van der Waals surface area contributed by atoms with Crippen molar-refractivity contribution in [2.24, 2.45) is 0 Å². The van der Waals surface area contributed by atoms with Crippen LogP contribution < -0.4 is 4.72 Å². The van der Waals surface area contributed by atoms with Crippen molar-refractivity contribution in [3.63, 3.8) is 0 Å². The molecule has 1 aliphatic carbocycles. The first-order valence-corrected chi connectivity index (χ1v) is 8.75. The van der Waals surface area contributed by atoms with Gasteiger partial charge in [0.1, 0.15) is 0 Å². The van der Waals surface area contributed by atoms with Crippen molar-refractivity contribution in [1.29, 1.82) is 0 Å². The fraction of sp³-hybridized carbons (Fsp3) is 0.462. The molecule has 0 amide bonds. The van der Waals surface area contributed by atoms with Crippen molar-refractivity contribution in [1.82, 2.24) is 4.72 Å². The number of aliphatic hydroxyl groups is 1. The summed E-state index contributed by atoms with van der Waals surface area (Å²) in [6.45, 7) is -0.269. The Balaban J connectivity index is 2.36. The largest absolute Gasteiger partial charge is 0.478 e. The standard InChI is InChI=1S/C13H16BrNO5S/c14-11-4-3-9(7-10(11)12(17)18)21(19,20)15-13(8-16)5-1-2-6-13/h3-4,7,15-16H,1-2,5-6,8H2,(H,17,18). The summed E-state index contributed by atoms with van der Waals surface area (Å²) in [7, 11) is -3.88. The van der Waals surface area contributed by atoms with Gasteiger partial charge in [0.25, 0.3) is 0 Å². The maximum absolute atomic E-state index is 12.4. The summed E-state index contributed by atoms with van der Waals surface area (Å²) in [5, 5.41) is 18.5. The molecule has 116 valence electrons. The van der Waals surface area contributed by atoms with Gasteiger partial charge in [0.15, 0.2) is 0 Å². The van der Waals surface area contributed by atoms with E-state index in [-0.39, 0.29) is 17.1 Å². The van der Waals surface area contributed by atoms with Crippen LogP contribution in [0.2, 0.25) is 0 Å². The Morgan fingerprint density at radius 1 is 1.33 bits per heavy atom. The highest BCUT2D eigenvalue weighted by Gasteiger charge is 2.37. The molecule has 1 fully saturated rings. The third-order valence-electron chi connectivity index (χ3n) is 3.69. The zero-order valence-electron chi connectivity index (χ0n) is 11.2. The molecule has 1 aliphatic rings. The molecular formula is C13H16BrNO5S. The van der Waals surface area contributed by atoms with E-state index in [1.165, 1.54) is 12.1 Å². The van der Waals surface area contributed by atoms with E-state index in [0.29, 0.717) is 17.3 Å². The molecule has 0 bridgehead atoms.